The van der Waals surface area contributed by atoms with Crippen LogP contribution in [0.1, 0.15) is 65.7 Å². The highest BCUT2D eigenvalue weighted by Gasteiger charge is 2.20. The maximum absolute atomic E-state index is 3.75. The van der Waals surface area contributed by atoms with Gasteiger partial charge in [-0.1, -0.05) is 46.5 Å². The van der Waals surface area contributed by atoms with Gasteiger partial charge in [-0.2, -0.15) is 0 Å². The van der Waals surface area contributed by atoms with Crippen molar-refractivity contribution in [1.82, 2.24) is 10.2 Å². The summed E-state index contributed by atoms with van der Waals surface area (Å²) in [4.78, 5) is 2.58. The van der Waals surface area contributed by atoms with E-state index in [1.165, 1.54) is 58.0 Å². The van der Waals surface area contributed by atoms with Gasteiger partial charge in [0, 0.05) is 19.1 Å². The molecule has 0 aromatic heterocycles. The normalized spacial score (nSPS) is 20.7. The average molecular weight is 268 g/mol. The summed E-state index contributed by atoms with van der Waals surface area (Å²) >= 11 is 0. The average Bonchev–Trinajstić information content (AvgIpc) is 2.43. The second kappa shape index (κ2) is 9.77. The van der Waals surface area contributed by atoms with Crippen LogP contribution in [0.3, 0.4) is 0 Å². The monoisotopic (exact) mass is 268 g/mol. The molecule has 0 aromatic carbocycles. The Balaban J connectivity index is 2.33. The molecule has 0 saturated heterocycles. The van der Waals surface area contributed by atoms with Crippen molar-refractivity contribution in [3.63, 3.8) is 0 Å². The number of hydrogen-bond acceptors (Lipinski definition) is 2. The molecule has 0 radical (unpaired) electrons. The van der Waals surface area contributed by atoms with E-state index in [0.29, 0.717) is 6.04 Å². The zero-order valence-electron chi connectivity index (χ0n) is 13.8. The Labute approximate surface area is 121 Å². The summed E-state index contributed by atoms with van der Waals surface area (Å²) in [6.45, 7) is 10.6. The molecule has 114 valence electrons. The molecule has 0 aliphatic heterocycles. The molecule has 2 unspecified atom stereocenters. The predicted molar refractivity (Wildman–Crippen MR) is 85.6 cm³/mol. The first-order valence-electron chi connectivity index (χ1n) is 8.59. The first kappa shape index (κ1) is 17.0. The van der Waals surface area contributed by atoms with Crippen LogP contribution in [0, 0.1) is 11.8 Å². The molecule has 2 heteroatoms. The third-order valence-electron chi connectivity index (χ3n) is 4.79. The summed E-state index contributed by atoms with van der Waals surface area (Å²) in [5.74, 6) is 1.74. The van der Waals surface area contributed by atoms with Gasteiger partial charge in [-0.3, -0.25) is 0 Å². The van der Waals surface area contributed by atoms with Crippen LogP contribution in [-0.2, 0) is 0 Å². The first-order chi connectivity index (χ1) is 9.17. The number of nitrogens with one attached hydrogen (secondary N) is 1. The third kappa shape index (κ3) is 6.76. The van der Waals surface area contributed by atoms with Gasteiger partial charge in [0.05, 0.1) is 0 Å². The van der Waals surface area contributed by atoms with Crippen LogP contribution in [0.4, 0.5) is 0 Å². The van der Waals surface area contributed by atoms with Crippen molar-refractivity contribution >= 4 is 0 Å². The van der Waals surface area contributed by atoms with Crippen molar-refractivity contribution in [2.45, 2.75) is 71.8 Å². The molecule has 1 fully saturated rings. The second-order valence-electron chi connectivity index (χ2n) is 6.67. The first-order valence-corrected chi connectivity index (χ1v) is 8.59. The fourth-order valence-electron chi connectivity index (χ4n) is 3.28. The molecule has 0 bridgehead atoms. The van der Waals surface area contributed by atoms with Gasteiger partial charge < -0.3 is 10.2 Å². The molecule has 1 aliphatic carbocycles. The van der Waals surface area contributed by atoms with Crippen molar-refractivity contribution in [3.8, 4) is 0 Å². The van der Waals surface area contributed by atoms with Gasteiger partial charge in [-0.15, -0.1) is 0 Å². The zero-order chi connectivity index (χ0) is 14.1. The lowest BCUT2D eigenvalue weighted by Crippen LogP contribution is -2.45. The lowest BCUT2D eigenvalue weighted by molar-refractivity contribution is 0.195. The highest BCUT2D eigenvalue weighted by molar-refractivity contribution is 4.77. The number of nitrogens with zero attached hydrogens (tertiary/aromatic N) is 1. The maximum atomic E-state index is 3.75. The number of likely N-dealkylation sites (N-methyl/N-ethyl adjacent to an activating group) is 1. The SMILES string of the molecule is CCCNC(CN(C)CC1CCCCC1)C(C)CC. The minimum atomic E-state index is 0.665. The number of rotatable bonds is 9. The molecular weight excluding hydrogens is 232 g/mol. The number of hydrogen-bond donors (Lipinski definition) is 1. The minimum Gasteiger partial charge on any atom is -0.312 e. The van der Waals surface area contributed by atoms with E-state index < -0.39 is 0 Å². The van der Waals surface area contributed by atoms with Crippen LogP contribution >= 0.6 is 0 Å². The van der Waals surface area contributed by atoms with E-state index in [1.54, 1.807) is 0 Å². The predicted octanol–water partition coefficient (Wildman–Crippen LogP) is 3.91. The summed E-state index contributed by atoms with van der Waals surface area (Å²) in [6.07, 6.45) is 9.82. The summed E-state index contributed by atoms with van der Waals surface area (Å²) < 4.78 is 0. The molecule has 0 spiro atoms. The fraction of sp³-hybridized carbons (Fsp3) is 1.00. The largest absolute Gasteiger partial charge is 0.312 e. The van der Waals surface area contributed by atoms with Crippen molar-refractivity contribution in [1.29, 1.82) is 0 Å². The van der Waals surface area contributed by atoms with Crippen molar-refractivity contribution in [2.24, 2.45) is 11.8 Å². The summed E-state index contributed by atoms with van der Waals surface area (Å²) in [5, 5.41) is 3.75. The third-order valence-corrected chi connectivity index (χ3v) is 4.79. The Morgan fingerprint density at radius 1 is 1.16 bits per heavy atom. The van der Waals surface area contributed by atoms with Gasteiger partial charge in [-0.05, 0) is 44.7 Å². The molecule has 2 atom stereocenters. The van der Waals surface area contributed by atoms with E-state index in [2.05, 4.69) is 38.0 Å². The lowest BCUT2D eigenvalue weighted by Gasteiger charge is -2.32. The van der Waals surface area contributed by atoms with Crippen LogP contribution in [0.25, 0.3) is 0 Å². The van der Waals surface area contributed by atoms with Crippen LogP contribution < -0.4 is 5.32 Å². The van der Waals surface area contributed by atoms with Crippen LogP contribution in [0.15, 0.2) is 0 Å². The second-order valence-corrected chi connectivity index (χ2v) is 6.67. The molecule has 1 aliphatic rings. The molecule has 0 amide bonds. The van der Waals surface area contributed by atoms with E-state index in [0.717, 1.165) is 18.4 Å². The summed E-state index contributed by atoms with van der Waals surface area (Å²) in [5.41, 5.74) is 0. The van der Waals surface area contributed by atoms with Gasteiger partial charge in [0.15, 0.2) is 0 Å². The highest BCUT2D eigenvalue weighted by atomic mass is 15.1. The Kier molecular flexibility index (Phi) is 8.72. The van der Waals surface area contributed by atoms with Crippen LogP contribution in [0.5, 0.6) is 0 Å². The maximum Gasteiger partial charge on any atom is 0.0220 e. The standard InChI is InChI=1S/C17H36N2/c1-5-12-18-17(15(3)6-2)14-19(4)13-16-10-8-7-9-11-16/h15-18H,5-14H2,1-4H3. The molecular formula is C17H36N2. The molecule has 2 nitrogen and oxygen atoms in total. The van der Waals surface area contributed by atoms with Crippen molar-refractivity contribution in [2.75, 3.05) is 26.7 Å². The molecule has 0 heterocycles. The van der Waals surface area contributed by atoms with E-state index in [-0.39, 0.29) is 0 Å². The van der Waals surface area contributed by atoms with Gasteiger partial charge in [-0.25, -0.2) is 0 Å². The molecule has 0 aromatic rings. The lowest BCUT2D eigenvalue weighted by atomic mass is 9.88. The molecule has 19 heavy (non-hydrogen) atoms. The summed E-state index contributed by atoms with van der Waals surface area (Å²) in [6, 6.07) is 0.665. The quantitative estimate of drug-likeness (QED) is 0.682. The Morgan fingerprint density at radius 2 is 1.84 bits per heavy atom. The fourth-order valence-corrected chi connectivity index (χ4v) is 3.28. The zero-order valence-corrected chi connectivity index (χ0v) is 13.8. The Hall–Kier alpha value is -0.0800. The Morgan fingerprint density at radius 3 is 2.42 bits per heavy atom. The minimum absolute atomic E-state index is 0.665. The molecule has 1 N–H and O–H groups in total. The van der Waals surface area contributed by atoms with E-state index in [4.69, 9.17) is 0 Å². The van der Waals surface area contributed by atoms with Crippen LogP contribution in [-0.4, -0.2) is 37.6 Å². The van der Waals surface area contributed by atoms with E-state index >= 15 is 0 Å². The van der Waals surface area contributed by atoms with E-state index in [1.807, 2.05) is 0 Å². The summed E-state index contributed by atoms with van der Waals surface area (Å²) in [7, 11) is 2.32. The Bertz CT molecular complexity index is 211. The van der Waals surface area contributed by atoms with Gasteiger partial charge in [0.1, 0.15) is 0 Å². The smallest absolute Gasteiger partial charge is 0.0220 e. The van der Waals surface area contributed by atoms with Gasteiger partial charge in [0.2, 0.25) is 0 Å². The molecule has 1 rings (SSSR count). The van der Waals surface area contributed by atoms with Crippen molar-refractivity contribution in [3.05, 3.63) is 0 Å². The molecule has 1 saturated carbocycles. The van der Waals surface area contributed by atoms with Crippen molar-refractivity contribution < 1.29 is 0 Å². The van der Waals surface area contributed by atoms with E-state index in [9.17, 15) is 0 Å². The topological polar surface area (TPSA) is 15.3 Å². The highest BCUT2D eigenvalue weighted by Crippen LogP contribution is 2.24. The van der Waals surface area contributed by atoms with Crippen LogP contribution in [0.2, 0.25) is 0 Å². The van der Waals surface area contributed by atoms with Gasteiger partial charge >= 0.3 is 0 Å². The van der Waals surface area contributed by atoms with Gasteiger partial charge in [0.25, 0.3) is 0 Å².